The highest BCUT2D eigenvalue weighted by molar-refractivity contribution is 6.30. The number of aromatic nitrogens is 2. The maximum Gasteiger partial charge on any atom is 0.131 e. The molecule has 0 aliphatic carbocycles. The van der Waals surface area contributed by atoms with Crippen LogP contribution in [-0.4, -0.2) is 64.9 Å². The minimum atomic E-state index is 0.660. The Morgan fingerprint density at radius 2 is 1.81 bits per heavy atom. The van der Waals surface area contributed by atoms with E-state index in [-0.39, 0.29) is 0 Å². The third-order valence-corrected chi connectivity index (χ3v) is 6.56. The van der Waals surface area contributed by atoms with Gasteiger partial charge >= 0.3 is 0 Å². The van der Waals surface area contributed by atoms with Gasteiger partial charge in [-0.2, -0.15) is 5.10 Å². The SMILES string of the molecule is Cc1nn(C)c(Cl)c1CN1CCCC(N2CCN(c3ccccc3)CC2)C1. The van der Waals surface area contributed by atoms with Crippen LogP contribution < -0.4 is 4.90 Å². The van der Waals surface area contributed by atoms with Gasteiger partial charge in [0.2, 0.25) is 0 Å². The van der Waals surface area contributed by atoms with Gasteiger partial charge in [-0.25, -0.2) is 0 Å². The van der Waals surface area contributed by atoms with Gasteiger partial charge in [0, 0.05) is 63.6 Å². The molecule has 1 aromatic carbocycles. The van der Waals surface area contributed by atoms with Crippen molar-refractivity contribution >= 4 is 17.3 Å². The molecular weight excluding hydrogens is 358 g/mol. The maximum atomic E-state index is 6.45. The zero-order chi connectivity index (χ0) is 18.8. The Balaban J connectivity index is 1.34. The lowest BCUT2D eigenvalue weighted by atomic mass is 10.0. The van der Waals surface area contributed by atoms with Crippen molar-refractivity contribution in [3.05, 3.63) is 46.7 Å². The molecule has 0 bridgehead atoms. The molecule has 0 radical (unpaired) electrons. The lowest BCUT2D eigenvalue weighted by molar-refractivity contribution is 0.0887. The molecule has 2 fully saturated rings. The molecule has 2 aromatic rings. The number of rotatable bonds is 4. The number of nitrogens with zero attached hydrogens (tertiary/aromatic N) is 5. The number of benzene rings is 1. The molecule has 0 amide bonds. The molecule has 1 aromatic heterocycles. The van der Waals surface area contributed by atoms with Crippen molar-refractivity contribution in [2.24, 2.45) is 7.05 Å². The maximum absolute atomic E-state index is 6.45. The summed E-state index contributed by atoms with van der Waals surface area (Å²) in [7, 11) is 1.92. The molecule has 6 heteroatoms. The number of para-hydroxylation sites is 1. The molecule has 1 unspecified atom stereocenters. The van der Waals surface area contributed by atoms with Crippen molar-refractivity contribution in [2.45, 2.75) is 32.4 Å². The molecule has 27 heavy (non-hydrogen) atoms. The van der Waals surface area contributed by atoms with E-state index in [0.29, 0.717) is 6.04 Å². The summed E-state index contributed by atoms with van der Waals surface area (Å²) in [5.74, 6) is 0. The summed E-state index contributed by atoms with van der Waals surface area (Å²) in [5.41, 5.74) is 3.60. The first-order valence-corrected chi connectivity index (χ1v) is 10.4. The molecule has 0 spiro atoms. The number of hydrogen-bond acceptors (Lipinski definition) is 4. The number of aryl methyl sites for hydroxylation is 2. The van der Waals surface area contributed by atoms with E-state index in [1.807, 2.05) is 7.05 Å². The molecule has 2 aliphatic heterocycles. The zero-order valence-corrected chi connectivity index (χ0v) is 17.2. The molecule has 146 valence electrons. The Morgan fingerprint density at radius 1 is 1.07 bits per heavy atom. The van der Waals surface area contributed by atoms with Crippen LogP contribution in [0.4, 0.5) is 5.69 Å². The van der Waals surface area contributed by atoms with Crippen LogP contribution in [0.3, 0.4) is 0 Å². The second-order valence-electron chi connectivity index (χ2n) is 7.87. The first kappa shape index (κ1) is 18.8. The quantitative estimate of drug-likeness (QED) is 0.805. The molecule has 2 saturated heterocycles. The Bertz CT molecular complexity index is 751. The van der Waals surface area contributed by atoms with Crippen LogP contribution in [0, 0.1) is 6.92 Å². The van der Waals surface area contributed by atoms with Crippen molar-refractivity contribution in [2.75, 3.05) is 44.2 Å². The van der Waals surface area contributed by atoms with Crippen LogP contribution in [0.25, 0.3) is 0 Å². The van der Waals surface area contributed by atoms with E-state index < -0.39 is 0 Å². The van der Waals surface area contributed by atoms with Crippen LogP contribution in [0.5, 0.6) is 0 Å². The van der Waals surface area contributed by atoms with E-state index in [1.54, 1.807) is 4.68 Å². The average molecular weight is 388 g/mol. The van der Waals surface area contributed by atoms with Crippen molar-refractivity contribution in [3.8, 4) is 0 Å². The highest BCUT2D eigenvalue weighted by Crippen LogP contribution is 2.25. The van der Waals surface area contributed by atoms with Crippen molar-refractivity contribution in [3.63, 3.8) is 0 Å². The van der Waals surface area contributed by atoms with Gasteiger partial charge in [0.15, 0.2) is 0 Å². The highest BCUT2D eigenvalue weighted by atomic mass is 35.5. The van der Waals surface area contributed by atoms with Crippen LogP contribution >= 0.6 is 11.6 Å². The van der Waals surface area contributed by atoms with Gasteiger partial charge in [0.1, 0.15) is 5.15 Å². The topological polar surface area (TPSA) is 27.5 Å². The fraction of sp³-hybridized carbons (Fsp3) is 0.571. The average Bonchev–Trinajstić information content (AvgIpc) is 2.95. The Hall–Kier alpha value is -1.56. The minimum absolute atomic E-state index is 0.660. The number of anilines is 1. The monoisotopic (exact) mass is 387 g/mol. The van der Waals surface area contributed by atoms with Gasteiger partial charge in [-0.1, -0.05) is 29.8 Å². The van der Waals surface area contributed by atoms with E-state index in [9.17, 15) is 0 Å². The Morgan fingerprint density at radius 3 is 2.48 bits per heavy atom. The normalized spacial score (nSPS) is 22.3. The van der Waals surface area contributed by atoms with Gasteiger partial charge in [0.25, 0.3) is 0 Å². The molecule has 3 heterocycles. The largest absolute Gasteiger partial charge is 0.369 e. The van der Waals surface area contributed by atoms with Crippen LogP contribution in [-0.2, 0) is 13.6 Å². The lowest BCUT2D eigenvalue weighted by Gasteiger charge is -2.44. The van der Waals surface area contributed by atoms with Gasteiger partial charge in [-0.15, -0.1) is 0 Å². The van der Waals surface area contributed by atoms with Crippen LogP contribution in [0.15, 0.2) is 30.3 Å². The van der Waals surface area contributed by atoms with Gasteiger partial charge in [0.05, 0.1) is 5.69 Å². The smallest absolute Gasteiger partial charge is 0.131 e. The van der Waals surface area contributed by atoms with Gasteiger partial charge in [-0.05, 0) is 38.4 Å². The summed E-state index contributed by atoms with van der Waals surface area (Å²) < 4.78 is 1.79. The summed E-state index contributed by atoms with van der Waals surface area (Å²) in [6.45, 7) is 9.81. The zero-order valence-electron chi connectivity index (χ0n) is 16.4. The summed E-state index contributed by atoms with van der Waals surface area (Å²) in [6.07, 6.45) is 2.57. The second kappa shape index (κ2) is 8.21. The van der Waals surface area contributed by atoms with E-state index in [4.69, 9.17) is 11.6 Å². The summed E-state index contributed by atoms with van der Waals surface area (Å²) in [5, 5.41) is 5.25. The molecule has 0 N–H and O–H groups in total. The highest BCUT2D eigenvalue weighted by Gasteiger charge is 2.29. The first-order chi connectivity index (χ1) is 13.1. The van der Waals surface area contributed by atoms with E-state index in [2.05, 4.69) is 57.1 Å². The van der Waals surface area contributed by atoms with Crippen LogP contribution in [0.1, 0.15) is 24.1 Å². The lowest BCUT2D eigenvalue weighted by Crippen LogP contribution is -2.55. The van der Waals surface area contributed by atoms with E-state index in [0.717, 1.165) is 56.7 Å². The predicted molar refractivity (Wildman–Crippen MR) is 111 cm³/mol. The first-order valence-electron chi connectivity index (χ1n) is 10.1. The summed E-state index contributed by atoms with van der Waals surface area (Å²) >= 11 is 6.45. The fourth-order valence-corrected chi connectivity index (χ4v) is 4.77. The molecule has 0 saturated carbocycles. The predicted octanol–water partition coefficient (Wildman–Crippen LogP) is 3.17. The van der Waals surface area contributed by atoms with Crippen LogP contribution in [0.2, 0.25) is 5.15 Å². The standard InChI is InChI=1S/C21H30ClN5/c1-17-20(21(22)24(2)23-17)16-25-10-6-9-19(15-25)27-13-11-26(12-14-27)18-7-4-3-5-8-18/h3-5,7-8,19H,6,9-16H2,1-2H3. The van der Waals surface area contributed by atoms with Crippen molar-refractivity contribution in [1.29, 1.82) is 0 Å². The summed E-state index contributed by atoms with van der Waals surface area (Å²) in [4.78, 5) is 7.77. The third kappa shape index (κ3) is 4.15. The Labute approximate surface area is 167 Å². The number of piperazine rings is 1. The third-order valence-electron chi connectivity index (χ3n) is 6.08. The number of halogens is 1. The van der Waals surface area contributed by atoms with Crippen molar-refractivity contribution in [1.82, 2.24) is 19.6 Å². The Kier molecular flexibility index (Phi) is 5.71. The van der Waals surface area contributed by atoms with E-state index in [1.165, 1.54) is 24.1 Å². The van der Waals surface area contributed by atoms with E-state index >= 15 is 0 Å². The minimum Gasteiger partial charge on any atom is -0.369 e. The molecule has 4 rings (SSSR count). The summed E-state index contributed by atoms with van der Waals surface area (Å²) in [6, 6.07) is 11.5. The molecule has 5 nitrogen and oxygen atoms in total. The number of piperidine rings is 1. The van der Waals surface area contributed by atoms with Gasteiger partial charge < -0.3 is 4.90 Å². The molecular formula is C21H30ClN5. The van der Waals surface area contributed by atoms with Gasteiger partial charge in [-0.3, -0.25) is 14.5 Å². The molecule has 2 aliphatic rings. The molecule has 1 atom stereocenters. The second-order valence-corrected chi connectivity index (χ2v) is 8.23. The fourth-order valence-electron chi connectivity index (χ4n) is 4.53. The number of hydrogen-bond donors (Lipinski definition) is 0. The van der Waals surface area contributed by atoms with Crippen molar-refractivity contribution < 1.29 is 0 Å². The number of likely N-dealkylation sites (tertiary alicyclic amines) is 1.